The van der Waals surface area contributed by atoms with Gasteiger partial charge in [0, 0.05) is 42.1 Å². The van der Waals surface area contributed by atoms with E-state index in [0.29, 0.717) is 28.8 Å². The highest BCUT2D eigenvalue weighted by Gasteiger charge is 2.28. The predicted octanol–water partition coefficient (Wildman–Crippen LogP) is 5.12. The smallest absolute Gasteiger partial charge is 0.253 e. The number of hydrogen-bond acceptors (Lipinski definition) is 5. The Morgan fingerprint density at radius 2 is 1.71 bits per heavy atom. The number of nitrogens with zero attached hydrogens (tertiary/aromatic N) is 4. The van der Waals surface area contributed by atoms with Gasteiger partial charge in [-0.25, -0.2) is 14.4 Å². The monoisotopic (exact) mass is 459 g/mol. The topological polar surface area (TPSA) is 61.4 Å². The Morgan fingerprint density at radius 1 is 0.941 bits per heavy atom. The molecule has 2 saturated heterocycles. The molecule has 1 aromatic heterocycles. The molecule has 6 nitrogen and oxygen atoms in total. The van der Waals surface area contributed by atoms with Crippen LogP contribution in [0, 0.1) is 5.82 Å². The summed E-state index contributed by atoms with van der Waals surface area (Å²) in [6, 6.07) is 16.1. The Balaban J connectivity index is 1.19. The van der Waals surface area contributed by atoms with E-state index in [-0.39, 0.29) is 11.7 Å². The number of benzene rings is 2. The van der Waals surface area contributed by atoms with Gasteiger partial charge in [-0.2, -0.15) is 0 Å². The first-order valence-corrected chi connectivity index (χ1v) is 12.2. The molecular formula is C27H30FN5O. The number of carbonyl (C=O) groups excluding carboxylic acids is 1. The van der Waals surface area contributed by atoms with Crippen molar-refractivity contribution in [1.82, 2.24) is 19.8 Å². The van der Waals surface area contributed by atoms with Crippen molar-refractivity contribution < 1.29 is 9.18 Å². The standard InChI is InChI=1S/C27H30FN5O/c28-22-6-4-5-21(19-22)26-29-14-11-25(31-26)30-23-9-7-20(8-10-23)27(34)33-17-12-24(13-18-33)32-15-2-1-3-16-32/h4-11,14,19,24H,1-3,12-13,15-18H2,(H,29,30,31). The number of carbonyl (C=O) groups is 1. The Bertz CT molecular complexity index is 1120. The molecule has 1 amide bonds. The van der Waals surface area contributed by atoms with Crippen LogP contribution >= 0.6 is 0 Å². The molecule has 2 fully saturated rings. The molecule has 3 aromatic rings. The van der Waals surface area contributed by atoms with E-state index in [1.54, 1.807) is 24.4 Å². The molecular weight excluding hydrogens is 429 g/mol. The quantitative estimate of drug-likeness (QED) is 0.574. The maximum absolute atomic E-state index is 13.5. The van der Waals surface area contributed by atoms with E-state index in [9.17, 15) is 9.18 Å². The lowest BCUT2D eigenvalue weighted by molar-refractivity contribution is 0.0590. The Hall–Kier alpha value is -3.32. The average molecular weight is 460 g/mol. The van der Waals surface area contributed by atoms with Gasteiger partial charge >= 0.3 is 0 Å². The van der Waals surface area contributed by atoms with E-state index in [2.05, 4.69) is 20.2 Å². The zero-order chi connectivity index (χ0) is 23.3. The Kier molecular flexibility index (Phi) is 6.81. The van der Waals surface area contributed by atoms with Crippen molar-refractivity contribution >= 4 is 17.4 Å². The molecule has 176 valence electrons. The summed E-state index contributed by atoms with van der Waals surface area (Å²) < 4.78 is 13.5. The van der Waals surface area contributed by atoms with E-state index >= 15 is 0 Å². The van der Waals surface area contributed by atoms with Crippen LogP contribution in [0.3, 0.4) is 0 Å². The van der Waals surface area contributed by atoms with E-state index < -0.39 is 0 Å². The summed E-state index contributed by atoms with van der Waals surface area (Å²) in [6.45, 7) is 4.07. The number of rotatable bonds is 5. The van der Waals surface area contributed by atoms with Crippen molar-refractivity contribution in [3.8, 4) is 11.4 Å². The van der Waals surface area contributed by atoms with Gasteiger partial charge in [-0.05, 0) is 81.2 Å². The van der Waals surface area contributed by atoms with Gasteiger partial charge in [-0.3, -0.25) is 4.79 Å². The molecule has 7 heteroatoms. The van der Waals surface area contributed by atoms with Gasteiger partial charge in [0.1, 0.15) is 11.6 Å². The molecule has 0 saturated carbocycles. The van der Waals surface area contributed by atoms with Crippen LogP contribution in [0.1, 0.15) is 42.5 Å². The lowest BCUT2D eigenvalue weighted by Gasteiger charge is -2.40. The highest BCUT2D eigenvalue weighted by Crippen LogP contribution is 2.23. The van der Waals surface area contributed by atoms with Gasteiger partial charge in [-0.1, -0.05) is 18.6 Å². The minimum Gasteiger partial charge on any atom is -0.340 e. The molecule has 0 unspecified atom stereocenters. The zero-order valence-electron chi connectivity index (χ0n) is 19.3. The summed E-state index contributed by atoms with van der Waals surface area (Å²) >= 11 is 0. The minimum atomic E-state index is -0.324. The molecule has 0 radical (unpaired) electrons. The summed E-state index contributed by atoms with van der Waals surface area (Å²) in [5.74, 6) is 0.826. The van der Waals surface area contributed by atoms with Crippen LogP contribution in [0.5, 0.6) is 0 Å². The van der Waals surface area contributed by atoms with E-state index in [0.717, 1.165) is 31.6 Å². The minimum absolute atomic E-state index is 0.0964. The lowest BCUT2D eigenvalue weighted by Crippen LogP contribution is -2.48. The lowest BCUT2D eigenvalue weighted by atomic mass is 9.99. The first kappa shape index (κ1) is 22.5. The molecule has 1 N–H and O–H groups in total. The third-order valence-electron chi connectivity index (χ3n) is 6.80. The Morgan fingerprint density at radius 3 is 2.44 bits per heavy atom. The maximum atomic E-state index is 13.5. The van der Waals surface area contributed by atoms with Crippen LogP contribution in [0.15, 0.2) is 60.8 Å². The largest absolute Gasteiger partial charge is 0.340 e. The average Bonchev–Trinajstić information content (AvgIpc) is 2.89. The number of nitrogens with one attached hydrogen (secondary N) is 1. The van der Waals surface area contributed by atoms with Gasteiger partial charge in [0.05, 0.1) is 0 Å². The third-order valence-corrected chi connectivity index (χ3v) is 6.80. The number of halogens is 1. The summed E-state index contributed by atoms with van der Waals surface area (Å²) in [6.07, 6.45) is 7.73. The van der Waals surface area contributed by atoms with Crippen LogP contribution in [0.25, 0.3) is 11.4 Å². The van der Waals surface area contributed by atoms with Gasteiger partial charge in [-0.15, -0.1) is 0 Å². The molecule has 5 rings (SSSR count). The highest BCUT2D eigenvalue weighted by atomic mass is 19.1. The summed E-state index contributed by atoms with van der Waals surface area (Å²) in [5.41, 5.74) is 2.14. The van der Waals surface area contributed by atoms with Crippen molar-refractivity contribution in [2.45, 2.75) is 38.1 Å². The van der Waals surface area contributed by atoms with Crippen LogP contribution in [-0.4, -0.2) is 57.9 Å². The van der Waals surface area contributed by atoms with Crippen LogP contribution in [0.4, 0.5) is 15.9 Å². The number of anilines is 2. The van der Waals surface area contributed by atoms with Gasteiger partial charge in [0.15, 0.2) is 5.82 Å². The summed E-state index contributed by atoms with van der Waals surface area (Å²) in [5, 5.41) is 3.24. The fourth-order valence-corrected chi connectivity index (χ4v) is 4.94. The first-order valence-electron chi connectivity index (χ1n) is 12.2. The van der Waals surface area contributed by atoms with Crippen molar-refractivity contribution in [1.29, 1.82) is 0 Å². The number of aromatic nitrogens is 2. The van der Waals surface area contributed by atoms with E-state index in [1.807, 2.05) is 29.2 Å². The SMILES string of the molecule is O=C(c1ccc(Nc2ccnc(-c3cccc(F)c3)n2)cc1)N1CCC(N2CCCCC2)CC1. The molecule has 0 atom stereocenters. The van der Waals surface area contributed by atoms with Crippen molar-refractivity contribution in [2.24, 2.45) is 0 Å². The molecule has 0 aliphatic carbocycles. The second-order valence-corrected chi connectivity index (χ2v) is 9.10. The van der Waals surface area contributed by atoms with E-state index in [1.165, 1.54) is 44.5 Å². The van der Waals surface area contributed by atoms with Crippen molar-refractivity contribution in [2.75, 3.05) is 31.5 Å². The van der Waals surface area contributed by atoms with Crippen molar-refractivity contribution in [3.63, 3.8) is 0 Å². The number of piperidine rings is 2. The summed E-state index contributed by atoms with van der Waals surface area (Å²) in [4.78, 5) is 26.4. The molecule has 2 aliphatic rings. The highest BCUT2D eigenvalue weighted by molar-refractivity contribution is 5.94. The number of hydrogen-bond donors (Lipinski definition) is 1. The van der Waals surface area contributed by atoms with E-state index in [4.69, 9.17) is 0 Å². The molecule has 0 spiro atoms. The van der Waals surface area contributed by atoms with Crippen molar-refractivity contribution in [3.05, 3.63) is 72.2 Å². The fourth-order valence-electron chi connectivity index (χ4n) is 4.94. The van der Waals surface area contributed by atoms with Crippen LogP contribution in [-0.2, 0) is 0 Å². The molecule has 3 heterocycles. The molecule has 0 bridgehead atoms. The second-order valence-electron chi connectivity index (χ2n) is 9.10. The number of amides is 1. The second kappa shape index (κ2) is 10.3. The van der Waals surface area contributed by atoms with Gasteiger partial charge in [0.2, 0.25) is 0 Å². The first-order chi connectivity index (χ1) is 16.7. The summed E-state index contributed by atoms with van der Waals surface area (Å²) in [7, 11) is 0. The molecule has 2 aliphatic heterocycles. The molecule has 2 aromatic carbocycles. The zero-order valence-corrected chi connectivity index (χ0v) is 19.3. The van der Waals surface area contributed by atoms with Crippen LogP contribution in [0.2, 0.25) is 0 Å². The van der Waals surface area contributed by atoms with Gasteiger partial charge < -0.3 is 15.1 Å². The normalized spacial score (nSPS) is 17.5. The molecule has 34 heavy (non-hydrogen) atoms. The predicted molar refractivity (Wildman–Crippen MR) is 132 cm³/mol. The third kappa shape index (κ3) is 5.25. The number of likely N-dealkylation sites (tertiary alicyclic amines) is 2. The Labute approximate surface area is 199 Å². The van der Waals surface area contributed by atoms with Gasteiger partial charge in [0.25, 0.3) is 5.91 Å². The van der Waals surface area contributed by atoms with Crippen LogP contribution < -0.4 is 5.32 Å². The fraction of sp³-hybridized carbons (Fsp3) is 0.370. The maximum Gasteiger partial charge on any atom is 0.253 e.